The molecule has 0 saturated carbocycles. The number of aromatic hydroxyl groups is 1. The number of phenols is 1. The van der Waals surface area contributed by atoms with Gasteiger partial charge in [0.25, 0.3) is 0 Å². The van der Waals surface area contributed by atoms with Crippen molar-refractivity contribution >= 4 is 29.6 Å². The third-order valence-electron chi connectivity index (χ3n) is 5.11. The van der Waals surface area contributed by atoms with E-state index < -0.39 is 66.3 Å². The first kappa shape index (κ1) is 29.3. The van der Waals surface area contributed by atoms with E-state index in [4.69, 9.17) is 11.5 Å². The van der Waals surface area contributed by atoms with Gasteiger partial charge < -0.3 is 42.7 Å². The predicted molar refractivity (Wildman–Crippen MR) is 124 cm³/mol. The van der Waals surface area contributed by atoms with Crippen LogP contribution < -0.4 is 27.4 Å². The number of primary amides is 1. The average Bonchev–Trinajstić information content (AvgIpc) is 2.76. The number of aliphatic hydroxyl groups excluding tert-OH is 1. The quantitative estimate of drug-likeness (QED) is 0.147. The number of benzene rings is 1. The lowest BCUT2D eigenvalue weighted by Crippen LogP contribution is -2.59. The molecule has 13 heteroatoms. The van der Waals surface area contributed by atoms with Crippen molar-refractivity contribution in [2.75, 3.05) is 0 Å². The zero-order valence-electron chi connectivity index (χ0n) is 19.7. The number of nitrogens with two attached hydrogens (primary N) is 2. The molecule has 5 atom stereocenters. The molecule has 0 bridgehead atoms. The van der Waals surface area contributed by atoms with Gasteiger partial charge in [0.15, 0.2) is 6.04 Å². The molecule has 10 N–H and O–H groups in total. The van der Waals surface area contributed by atoms with E-state index in [-0.39, 0.29) is 18.1 Å². The molecule has 0 aliphatic heterocycles. The summed E-state index contributed by atoms with van der Waals surface area (Å²) in [7, 11) is 0. The summed E-state index contributed by atoms with van der Waals surface area (Å²) in [5.41, 5.74) is 11.6. The third-order valence-corrected chi connectivity index (χ3v) is 5.11. The van der Waals surface area contributed by atoms with Gasteiger partial charge in [0.05, 0.1) is 18.6 Å². The zero-order chi connectivity index (χ0) is 26.9. The molecule has 0 aliphatic carbocycles. The monoisotopic (exact) mass is 495 g/mol. The second kappa shape index (κ2) is 13.2. The van der Waals surface area contributed by atoms with Crippen molar-refractivity contribution in [1.29, 1.82) is 0 Å². The van der Waals surface area contributed by atoms with Gasteiger partial charge in [-0.05, 0) is 30.5 Å². The Balaban J connectivity index is 3.16. The fourth-order valence-electron chi connectivity index (χ4n) is 2.97. The van der Waals surface area contributed by atoms with Gasteiger partial charge in [0.1, 0.15) is 17.8 Å². The summed E-state index contributed by atoms with van der Waals surface area (Å²) in [5, 5.41) is 35.1. The summed E-state index contributed by atoms with van der Waals surface area (Å²) >= 11 is 0. The lowest BCUT2D eigenvalue weighted by Gasteiger charge is -2.26. The average molecular weight is 496 g/mol. The van der Waals surface area contributed by atoms with Crippen molar-refractivity contribution in [2.24, 2.45) is 17.4 Å². The first-order chi connectivity index (χ1) is 16.2. The first-order valence-corrected chi connectivity index (χ1v) is 10.9. The van der Waals surface area contributed by atoms with Crippen LogP contribution in [0.1, 0.15) is 32.8 Å². The summed E-state index contributed by atoms with van der Waals surface area (Å²) in [6.45, 7) is 4.57. The highest BCUT2D eigenvalue weighted by Gasteiger charge is 2.33. The molecule has 4 amide bonds. The Morgan fingerprint density at radius 3 is 1.86 bits per heavy atom. The number of hydrogen-bond donors (Lipinski definition) is 8. The van der Waals surface area contributed by atoms with E-state index in [1.165, 1.54) is 24.3 Å². The molecule has 194 valence electrons. The molecular formula is C22H33N5O8. The van der Waals surface area contributed by atoms with Crippen LogP contribution in [0, 0.1) is 5.92 Å². The lowest BCUT2D eigenvalue weighted by atomic mass is 10.0. The zero-order valence-corrected chi connectivity index (χ0v) is 19.7. The summed E-state index contributed by atoms with van der Waals surface area (Å²) in [4.78, 5) is 61.0. The van der Waals surface area contributed by atoms with Crippen molar-refractivity contribution in [3.8, 4) is 5.75 Å². The Hall–Kier alpha value is -3.71. The molecule has 0 aliphatic rings. The normalized spacial score (nSPS) is 15.3. The standard InChI is InChI=1S/C22H33N5O8/c1-10(2)17(24)21(33)26-14(8-12-4-6-13(29)7-5-12)19(31)25-15(9-16(23)30)20(32)27-18(11(3)28)22(34)35/h4-7,10-11,14-15,17-18,28-29H,8-9,24H2,1-3H3,(H2,23,30)(H,25,31)(H,26,33)(H,27,32)(H,34,35). The molecule has 35 heavy (non-hydrogen) atoms. The number of nitrogens with one attached hydrogen (secondary N) is 3. The lowest BCUT2D eigenvalue weighted by molar-refractivity contribution is -0.145. The number of aliphatic hydroxyl groups is 1. The second-order valence-electron chi connectivity index (χ2n) is 8.50. The maximum atomic E-state index is 13.1. The van der Waals surface area contributed by atoms with Crippen LogP contribution in [0.25, 0.3) is 0 Å². The maximum Gasteiger partial charge on any atom is 0.328 e. The summed E-state index contributed by atoms with van der Waals surface area (Å²) < 4.78 is 0. The highest BCUT2D eigenvalue weighted by molar-refractivity contribution is 5.96. The Kier molecular flexibility index (Phi) is 11.1. The van der Waals surface area contributed by atoms with Gasteiger partial charge in [-0.1, -0.05) is 26.0 Å². The van der Waals surface area contributed by atoms with Crippen molar-refractivity contribution in [1.82, 2.24) is 16.0 Å². The van der Waals surface area contributed by atoms with Crippen LogP contribution in [0.4, 0.5) is 0 Å². The van der Waals surface area contributed by atoms with E-state index in [9.17, 15) is 39.3 Å². The van der Waals surface area contributed by atoms with Gasteiger partial charge in [0.2, 0.25) is 23.6 Å². The Morgan fingerprint density at radius 1 is 0.886 bits per heavy atom. The van der Waals surface area contributed by atoms with Gasteiger partial charge in [-0.3, -0.25) is 19.2 Å². The van der Waals surface area contributed by atoms with E-state index >= 15 is 0 Å². The largest absolute Gasteiger partial charge is 0.508 e. The van der Waals surface area contributed by atoms with Crippen molar-refractivity contribution in [3.63, 3.8) is 0 Å². The number of rotatable bonds is 13. The molecule has 5 unspecified atom stereocenters. The van der Waals surface area contributed by atoms with E-state index in [0.29, 0.717) is 5.56 Å². The van der Waals surface area contributed by atoms with Crippen LogP contribution in [0.5, 0.6) is 5.75 Å². The van der Waals surface area contributed by atoms with E-state index in [1.54, 1.807) is 13.8 Å². The smallest absolute Gasteiger partial charge is 0.328 e. The van der Waals surface area contributed by atoms with Gasteiger partial charge in [-0.2, -0.15) is 0 Å². The fourth-order valence-corrected chi connectivity index (χ4v) is 2.97. The first-order valence-electron chi connectivity index (χ1n) is 10.9. The predicted octanol–water partition coefficient (Wildman–Crippen LogP) is -2.29. The van der Waals surface area contributed by atoms with Crippen molar-refractivity contribution in [2.45, 2.75) is 63.9 Å². The number of carbonyl (C=O) groups excluding carboxylic acids is 4. The molecule has 0 fully saturated rings. The number of carbonyl (C=O) groups is 5. The Bertz CT molecular complexity index is 919. The SMILES string of the molecule is CC(C)C(N)C(=O)NC(Cc1ccc(O)cc1)C(=O)NC(CC(N)=O)C(=O)NC(C(=O)O)C(C)O. The topological polar surface area (TPSA) is 234 Å². The van der Waals surface area contributed by atoms with E-state index in [0.717, 1.165) is 6.92 Å². The molecule has 1 rings (SSSR count). The minimum atomic E-state index is -1.70. The molecule has 1 aromatic rings. The molecule has 0 aromatic heterocycles. The summed E-state index contributed by atoms with van der Waals surface area (Å²) in [5.74, 6) is -5.31. The summed E-state index contributed by atoms with van der Waals surface area (Å²) in [6.07, 6.45) is -2.20. The molecule has 0 saturated heterocycles. The highest BCUT2D eigenvalue weighted by Crippen LogP contribution is 2.12. The van der Waals surface area contributed by atoms with Crippen LogP contribution in [0.15, 0.2) is 24.3 Å². The number of carboxylic acids is 1. The van der Waals surface area contributed by atoms with Crippen molar-refractivity contribution < 1.29 is 39.3 Å². The van der Waals surface area contributed by atoms with Crippen LogP contribution in [0.3, 0.4) is 0 Å². The van der Waals surface area contributed by atoms with Crippen LogP contribution in [-0.2, 0) is 30.4 Å². The van der Waals surface area contributed by atoms with E-state index in [2.05, 4.69) is 10.6 Å². The molecule has 1 aromatic carbocycles. The van der Waals surface area contributed by atoms with Crippen LogP contribution >= 0.6 is 0 Å². The molecule has 0 spiro atoms. The second-order valence-corrected chi connectivity index (χ2v) is 8.50. The molecule has 0 heterocycles. The van der Waals surface area contributed by atoms with Gasteiger partial charge in [-0.25, -0.2) is 4.79 Å². The Labute approximate surface area is 202 Å². The molecule has 0 radical (unpaired) electrons. The minimum Gasteiger partial charge on any atom is -0.508 e. The third kappa shape index (κ3) is 9.59. The van der Waals surface area contributed by atoms with Gasteiger partial charge in [0, 0.05) is 6.42 Å². The highest BCUT2D eigenvalue weighted by atomic mass is 16.4. The number of aliphatic carboxylic acids is 1. The maximum absolute atomic E-state index is 13.1. The number of phenolic OH excluding ortho intramolecular Hbond substituents is 1. The summed E-state index contributed by atoms with van der Waals surface area (Å²) in [6, 6.07) is 0.360. The van der Waals surface area contributed by atoms with Gasteiger partial charge in [-0.15, -0.1) is 0 Å². The molecular weight excluding hydrogens is 462 g/mol. The minimum absolute atomic E-state index is 0.00935. The fraction of sp³-hybridized carbons (Fsp3) is 0.500. The van der Waals surface area contributed by atoms with Gasteiger partial charge >= 0.3 is 5.97 Å². The number of carboxylic acid groups (broad SMARTS) is 1. The molecule has 13 nitrogen and oxygen atoms in total. The number of amides is 4. The van der Waals surface area contributed by atoms with Crippen LogP contribution in [-0.4, -0.2) is 75.2 Å². The van der Waals surface area contributed by atoms with E-state index in [1.807, 2.05) is 5.32 Å². The van der Waals surface area contributed by atoms with Crippen LogP contribution in [0.2, 0.25) is 0 Å². The number of hydrogen-bond acceptors (Lipinski definition) is 8. The van der Waals surface area contributed by atoms with Crippen molar-refractivity contribution in [3.05, 3.63) is 29.8 Å². The Morgan fingerprint density at radius 2 is 1.40 bits per heavy atom.